The summed E-state index contributed by atoms with van der Waals surface area (Å²) >= 11 is 0. The fourth-order valence-corrected chi connectivity index (χ4v) is 8.13. The summed E-state index contributed by atoms with van der Waals surface area (Å²) in [4.78, 5) is 3.08. The Kier molecular flexibility index (Phi) is 6.75. The molecule has 0 amide bonds. The molecule has 0 radical (unpaired) electrons. The van der Waals surface area contributed by atoms with E-state index in [4.69, 9.17) is 9.15 Å². The molecule has 2 aliphatic heterocycles. The van der Waals surface area contributed by atoms with Gasteiger partial charge in [-0.2, -0.15) is 0 Å². The molecule has 0 N–H and O–H groups in total. The van der Waals surface area contributed by atoms with Gasteiger partial charge in [0.15, 0.2) is 0 Å². The molecular formula is C44H31BF4N2O2. The number of furan rings is 1. The van der Waals surface area contributed by atoms with E-state index < -0.39 is 41.4 Å². The number of hydrogen-bond donors (Lipinski definition) is 0. The molecule has 1 aliphatic carbocycles. The SMILES string of the molecule is CC(C)(C)c1ccc2oc3c(c2c1)N(c1ccc2c(c1)CC2)c1cc(N(c2c(F)cccc2F)c2c(F)cccc2F)cc2c1B3c1ccccc1O2. The van der Waals surface area contributed by atoms with Crippen molar-refractivity contribution in [2.75, 3.05) is 9.80 Å². The van der Waals surface area contributed by atoms with Gasteiger partial charge in [0.25, 0.3) is 0 Å². The Balaban J connectivity index is 1.33. The van der Waals surface area contributed by atoms with Crippen LogP contribution in [0.2, 0.25) is 0 Å². The lowest BCUT2D eigenvalue weighted by Crippen LogP contribution is -2.59. The first-order chi connectivity index (χ1) is 25.6. The van der Waals surface area contributed by atoms with Gasteiger partial charge in [-0.25, -0.2) is 17.6 Å². The molecule has 10 rings (SSSR count). The molecule has 0 unspecified atom stereocenters. The molecule has 7 aromatic rings. The van der Waals surface area contributed by atoms with Crippen LogP contribution in [0.4, 0.5) is 51.7 Å². The molecular weight excluding hydrogens is 675 g/mol. The molecule has 3 heterocycles. The van der Waals surface area contributed by atoms with E-state index in [0.29, 0.717) is 22.8 Å². The molecule has 53 heavy (non-hydrogen) atoms. The number of nitrogens with zero attached hydrogens (tertiary/aromatic N) is 2. The van der Waals surface area contributed by atoms with Crippen molar-refractivity contribution in [3.05, 3.63) is 149 Å². The standard InChI is InChI=1S/C44H31BF4N2O2/c1-44(2,3)26-17-19-36-29(21-26)40-43(53-36)45-30-8-4-5-13-37(30)52-38-23-28(22-35(39(38)45)50(40)27-18-16-24-14-15-25(24)20-27)51(41-31(46)9-6-10-32(41)47)42-33(48)11-7-12-34(42)49/h4-13,16-23H,14-15H2,1-3H3. The van der Waals surface area contributed by atoms with Crippen LogP contribution in [-0.4, -0.2) is 6.71 Å². The van der Waals surface area contributed by atoms with Crippen LogP contribution in [-0.2, 0) is 18.3 Å². The molecule has 0 fully saturated rings. The molecule has 1 aromatic heterocycles. The highest BCUT2D eigenvalue weighted by molar-refractivity contribution is 6.98. The van der Waals surface area contributed by atoms with Gasteiger partial charge in [0, 0.05) is 28.3 Å². The van der Waals surface area contributed by atoms with Gasteiger partial charge in [-0.15, -0.1) is 0 Å². The van der Waals surface area contributed by atoms with Crippen LogP contribution >= 0.6 is 0 Å². The largest absolute Gasteiger partial charge is 0.468 e. The number of ether oxygens (including phenoxy) is 1. The van der Waals surface area contributed by atoms with Crippen LogP contribution in [0.3, 0.4) is 0 Å². The first-order valence-electron chi connectivity index (χ1n) is 17.7. The summed E-state index contributed by atoms with van der Waals surface area (Å²) in [7, 11) is 0. The highest BCUT2D eigenvalue weighted by Gasteiger charge is 2.46. The monoisotopic (exact) mass is 706 g/mol. The van der Waals surface area contributed by atoms with E-state index in [1.54, 1.807) is 12.1 Å². The van der Waals surface area contributed by atoms with Gasteiger partial charge < -0.3 is 14.1 Å². The second-order valence-electron chi connectivity index (χ2n) is 15.0. The van der Waals surface area contributed by atoms with Crippen LogP contribution in [0.5, 0.6) is 11.5 Å². The van der Waals surface area contributed by atoms with Gasteiger partial charge >= 0.3 is 6.71 Å². The Morgan fingerprint density at radius 2 is 1.36 bits per heavy atom. The van der Waals surface area contributed by atoms with E-state index in [1.165, 1.54) is 23.3 Å². The number of aryl methyl sites for hydroxylation is 2. The fourth-order valence-electron chi connectivity index (χ4n) is 8.13. The summed E-state index contributed by atoms with van der Waals surface area (Å²) in [5.74, 6) is -3.00. The van der Waals surface area contributed by atoms with E-state index >= 15 is 17.6 Å². The summed E-state index contributed by atoms with van der Waals surface area (Å²) < 4.78 is 76.8. The molecule has 9 heteroatoms. The van der Waals surface area contributed by atoms with Gasteiger partial charge in [0.2, 0.25) is 0 Å². The molecule has 0 spiro atoms. The highest BCUT2D eigenvalue weighted by atomic mass is 19.1. The average Bonchev–Trinajstić information content (AvgIpc) is 3.49. The van der Waals surface area contributed by atoms with Crippen molar-refractivity contribution in [1.29, 1.82) is 0 Å². The number of fused-ring (bicyclic) bond motifs is 7. The fraction of sp³-hybridized carbons (Fsp3) is 0.136. The molecule has 6 aromatic carbocycles. The van der Waals surface area contributed by atoms with Gasteiger partial charge in [-0.1, -0.05) is 63.2 Å². The summed E-state index contributed by atoms with van der Waals surface area (Å²) in [5.41, 5.74) is 7.71. The van der Waals surface area contributed by atoms with E-state index in [9.17, 15) is 0 Å². The maximum atomic E-state index is 15.8. The molecule has 4 nitrogen and oxygen atoms in total. The quantitative estimate of drug-likeness (QED) is 0.135. The van der Waals surface area contributed by atoms with Crippen molar-refractivity contribution in [2.24, 2.45) is 0 Å². The third-order valence-corrected chi connectivity index (χ3v) is 10.8. The predicted octanol–water partition coefficient (Wildman–Crippen LogP) is 10.3. The molecule has 0 atom stereocenters. The zero-order chi connectivity index (χ0) is 36.3. The van der Waals surface area contributed by atoms with E-state index in [0.717, 1.165) is 80.9 Å². The number of benzene rings is 6. The second-order valence-corrected chi connectivity index (χ2v) is 15.0. The second kappa shape index (κ2) is 11.3. The minimum atomic E-state index is -0.986. The van der Waals surface area contributed by atoms with E-state index in [1.807, 2.05) is 30.3 Å². The topological polar surface area (TPSA) is 28.9 Å². The number of halogens is 4. The lowest BCUT2D eigenvalue weighted by molar-refractivity contribution is 0.487. The molecule has 260 valence electrons. The van der Waals surface area contributed by atoms with Crippen LogP contribution in [0.1, 0.15) is 37.5 Å². The Morgan fingerprint density at radius 3 is 2.00 bits per heavy atom. The first kappa shape index (κ1) is 31.8. The maximum absolute atomic E-state index is 15.8. The minimum absolute atomic E-state index is 0.102. The normalized spacial score (nSPS) is 13.9. The van der Waals surface area contributed by atoms with Crippen LogP contribution in [0.25, 0.3) is 11.0 Å². The predicted molar refractivity (Wildman–Crippen MR) is 203 cm³/mol. The van der Waals surface area contributed by atoms with Crippen molar-refractivity contribution >= 4 is 68.4 Å². The molecule has 0 bridgehead atoms. The minimum Gasteiger partial charge on any atom is -0.468 e. The summed E-state index contributed by atoms with van der Waals surface area (Å²) in [6.45, 7) is 6.06. The van der Waals surface area contributed by atoms with Crippen LogP contribution < -0.4 is 31.1 Å². The third kappa shape index (κ3) is 4.69. The highest BCUT2D eigenvalue weighted by Crippen LogP contribution is 2.50. The lowest BCUT2D eigenvalue weighted by Gasteiger charge is -2.39. The molecule has 0 saturated carbocycles. The Bertz CT molecular complexity index is 2590. The van der Waals surface area contributed by atoms with E-state index in [2.05, 4.69) is 56.0 Å². The average molecular weight is 707 g/mol. The van der Waals surface area contributed by atoms with Gasteiger partial charge in [-0.05, 0) is 101 Å². The smallest absolute Gasteiger partial charge is 0.301 e. The maximum Gasteiger partial charge on any atom is 0.301 e. The number of para-hydroxylation sites is 3. The van der Waals surface area contributed by atoms with Crippen molar-refractivity contribution in [2.45, 2.75) is 39.0 Å². The van der Waals surface area contributed by atoms with Gasteiger partial charge in [0.1, 0.15) is 51.7 Å². The summed E-state index contributed by atoms with van der Waals surface area (Å²) in [5, 5.41) is 0.897. The van der Waals surface area contributed by atoms with Gasteiger partial charge in [0.05, 0.1) is 17.0 Å². The zero-order valence-electron chi connectivity index (χ0n) is 29.1. The Hall–Kier alpha value is -5.96. The van der Waals surface area contributed by atoms with Crippen LogP contribution in [0.15, 0.2) is 114 Å². The van der Waals surface area contributed by atoms with Crippen molar-refractivity contribution < 1.29 is 26.7 Å². The van der Waals surface area contributed by atoms with Crippen molar-refractivity contribution in [1.82, 2.24) is 0 Å². The lowest BCUT2D eigenvalue weighted by atomic mass is 9.36. The molecule has 3 aliphatic rings. The van der Waals surface area contributed by atoms with Gasteiger partial charge in [-0.3, -0.25) is 4.90 Å². The summed E-state index contributed by atoms with van der Waals surface area (Å²) in [6.07, 6.45) is 1.94. The Morgan fingerprint density at radius 1 is 0.679 bits per heavy atom. The van der Waals surface area contributed by atoms with Crippen molar-refractivity contribution in [3.8, 4) is 11.5 Å². The number of anilines is 6. The zero-order valence-corrected chi connectivity index (χ0v) is 29.1. The summed E-state index contributed by atoms with van der Waals surface area (Å²) in [6, 6.07) is 30.4. The first-order valence-corrected chi connectivity index (χ1v) is 17.7. The third-order valence-electron chi connectivity index (χ3n) is 10.8. The van der Waals surface area contributed by atoms with Crippen LogP contribution in [0, 0.1) is 23.3 Å². The number of hydrogen-bond acceptors (Lipinski definition) is 4. The van der Waals surface area contributed by atoms with Crippen molar-refractivity contribution in [3.63, 3.8) is 0 Å². The van der Waals surface area contributed by atoms with E-state index in [-0.39, 0.29) is 11.1 Å². The number of rotatable bonds is 4. The molecule has 0 saturated heterocycles. The Labute approximate surface area is 303 Å².